The molecule has 2 aliphatic rings. The molecule has 144 valence electrons. The summed E-state index contributed by atoms with van der Waals surface area (Å²) in [5.41, 5.74) is 3.88. The molecule has 1 N–H and O–H groups in total. The molecule has 1 heterocycles. The van der Waals surface area contributed by atoms with Gasteiger partial charge in [0.15, 0.2) is 5.17 Å². The highest BCUT2D eigenvalue weighted by atomic mass is 32.2. The zero-order valence-corrected chi connectivity index (χ0v) is 16.8. The van der Waals surface area contributed by atoms with Gasteiger partial charge in [-0.2, -0.15) is 0 Å². The molecule has 1 saturated heterocycles. The first-order valence-corrected chi connectivity index (χ1v) is 10.4. The lowest BCUT2D eigenvalue weighted by Crippen LogP contribution is -2.35. The maximum Gasteiger partial charge on any atom is 0.242 e. The first kappa shape index (κ1) is 18.7. The Morgan fingerprint density at radius 2 is 1.68 bits per heavy atom. The van der Waals surface area contributed by atoms with Crippen molar-refractivity contribution in [1.29, 1.82) is 0 Å². The third kappa shape index (κ3) is 4.28. The number of nitrogens with one attached hydrogen (secondary N) is 1. The van der Waals surface area contributed by atoms with Crippen molar-refractivity contribution in [3.63, 3.8) is 0 Å². The van der Waals surface area contributed by atoms with Gasteiger partial charge in [0.05, 0.1) is 5.69 Å². The van der Waals surface area contributed by atoms with Gasteiger partial charge in [0.2, 0.25) is 11.8 Å². The number of carbonyl (C=O) groups excluding carboxylic acids is 2. The molecular formula is C22H23N3O2S. The molecule has 1 aliphatic carbocycles. The van der Waals surface area contributed by atoms with Crippen LogP contribution in [0, 0.1) is 13.8 Å². The summed E-state index contributed by atoms with van der Waals surface area (Å²) in [4.78, 5) is 31.9. The Morgan fingerprint density at radius 1 is 1.07 bits per heavy atom. The molecule has 1 saturated carbocycles. The quantitative estimate of drug-likeness (QED) is 0.818. The summed E-state index contributed by atoms with van der Waals surface area (Å²) in [7, 11) is 0. The molecule has 1 aliphatic heterocycles. The van der Waals surface area contributed by atoms with Crippen LogP contribution in [0.15, 0.2) is 53.5 Å². The topological polar surface area (TPSA) is 61.8 Å². The van der Waals surface area contributed by atoms with Crippen LogP contribution in [0.25, 0.3) is 0 Å². The van der Waals surface area contributed by atoms with Gasteiger partial charge >= 0.3 is 0 Å². The van der Waals surface area contributed by atoms with Crippen molar-refractivity contribution in [3.05, 3.63) is 59.7 Å². The molecular weight excluding hydrogens is 370 g/mol. The van der Waals surface area contributed by atoms with Crippen LogP contribution < -0.4 is 5.32 Å². The van der Waals surface area contributed by atoms with Gasteiger partial charge in [0.25, 0.3) is 0 Å². The van der Waals surface area contributed by atoms with Crippen LogP contribution in [0.4, 0.5) is 11.4 Å². The van der Waals surface area contributed by atoms with Gasteiger partial charge < -0.3 is 5.32 Å². The van der Waals surface area contributed by atoms with E-state index in [9.17, 15) is 9.59 Å². The summed E-state index contributed by atoms with van der Waals surface area (Å²) in [6.07, 6.45) is 2.15. The summed E-state index contributed by atoms with van der Waals surface area (Å²) in [5, 5.41) is 3.18. The Hall–Kier alpha value is -2.60. The Balaban J connectivity index is 1.47. The van der Waals surface area contributed by atoms with Gasteiger partial charge in [-0.25, -0.2) is 4.99 Å². The Labute approximate surface area is 169 Å². The lowest BCUT2D eigenvalue weighted by molar-refractivity contribution is -0.128. The highest BCUT2D eigenvalue weighted by Gasteiger charge is 2.46. The van der Waals surface area contributed by atoms with Crippen molar-refractivity contribution in [2.75, 3.05) is 5.32 Å². The molecule has 0 aromatic heterocycles. The van der Waals surface area contributed by atoms with Crippen LogP contribution in [0.2, 0.25) is 0 Å². The molecule has 28 heavy (non-hydrogen) atoms. The van der Waals surface area contributed by atoms with Gasteiger partial charge in [-0.1, -0.05) is 47.2 Å². The second-order valence-corrected chi connectivity index (χ2v) is 8.56. The van der Waals surface area contributed by atoms with E-state index in [1.54, 1.807) is 4.90 Å². The molecule has 0 unspecified atom stereocenters. The van der Waals surface area contributed by atoms with Crippen LogP contribution in [-0.2, 0) is 9.59 Å². The molecule has 2 aromatic rings. The summed E-state index contributed by atoms with van der Waals surface area (Å²) in [6, 6.07) is 15.8. The van der Waals surface area contributed by atoms with Crippen LogP contribution in [-0.4, -0.2) is 33.2 Å². The third-order valence-electron chi connectivity index (χ3n) is 4.84. The highest BCUT2D eigenvalue weighted by Crippen LogP contribution is 2.39. The molecule has 2 fully saturated rings. The fourth-order valence-corrected chi connectivity index (χ4v) is 4.32. The number of rotatable bonds is 5. The average Bonchev–Trinajstić information content (AvgIpc) is 3.45. The lowest BCUT2D eigenvalue weighted by atomic mass is 10.2. The van der Waals surface area contributed by atoms with Crippen LogP contribution in [0.5, 0.6) is 0 Å². The number of amidine groups is 1. The van der Waals surface area contributed by atoms with Gasteiger partial charge in [-0.05, 0) is 51.0 Å². The van der Waals surface area contributed by atoms with Crippen molar-refractivity contribution in [2.45, 2.75) is 44.4 Å². The second kappa shape index (κ2) is 7.80. The molecule has 0 spiro atoms. The first-order valence-electron chi connectivity index (χ1n) is 9.51. The van der Waals surface area contributed by atoms with E-state index < -0.39 is 5.25 Å². The third-order valence-corrected chi connectivity index (χ3v) is 6.00. The number of benzene rings is 2. The van der Waals surface area contributed by atoms with Crippen molar-refractivity contribution in [2.24, 2.45) is 4.99 Å². The Morgan fingerprint density at radius 3 is 2.29 bits per heavy atom. The zero-order chi connectivity index (χ0) is 19.7. The van der Waals surface area contributed by atoms with E-state index in [4.69, 9.17) is 4.99 Å². The molecule has 2 amide bonds. The van der Waals surface area contributed by atoms with E-state index in [0.29, 0.717) is 5.17 Å². The maximum absolute atomic E-state index is 12.9. The van der Waals surface area contributed by atoms with Gasteiger partial charge in [0.1, 0.15) is 5.25 Å². The minimum atomic E-state index is -0.421. The number of hydrogen-bond donors (Lipinski definition) is 1. The number of amides is 2. The Bertz CT molecular complexity index is 918. The predicted molar refractivity (Wildman–Crippen MR) is 114 cm³/mol. The number of anilines is 1. The van der Waals surface area contributed by atoms with Gasteiger partial charge in [-0.15, -0.1) is 0 Å². The van der Waals surface area contributed by atoms with E-state index in [2.05, 4.69) is 5.32 Å². The maximum atomic E-state index is 12.9. The molecule has 6 heteroatoms. The van der Waals surface area contributed by atoms with Crippen molar-refractivity contribution < 1.29 is 9.59 Å². The monoisotopic (exact) mass is 393 g/mol. The average molecular weight is 394 g/mol. The summed E-state index contributed by atoms with van der Waals surface area (Å²) in [5.74, 6) is -0.153. The Kier molecular flexibility index (Phi) is 5.22. The van der Waals surface area contributed by atoms with E-state index >= 15 is 0 Å². The minimum absolute atomic E-state index is 0.00239. The molecule has 0 bridgehead atoms. The SMILES string of the molecule is Cc1ccc(N=C2S[C@@H](CC(=O)Nc3ccc(C)cc3)C(=O)N2C2CC2)cc1. The van der Waals surface area contributed by atoms with Gasteiger partial charge in [-0.3, -0.25) is 14.5 Å². The lowest BCUT2D eigenvalue weighted by Gasteiger charge is -2.15. The van der Waals surface area contributed by atoms with Crippen molar-refractivity contribution in [1.82, 2.24) is 4.90 Å². The van der Waals surface area contributed by atoms with Crippen LogP contribution in [0.3, 0.4) is 0 Å². The normalized spacial score (nSPS) is 20.6. The highest BCUT2D eigenvalue weighted by molar-refractivity contribution is 8.15. The number of hydrogen-bond acceptors (Lipinski definition) is 4. The summed E-state index contributed by atoms with van der Waals surface area (Å²) >= 11 is 1.40. The number of aryl methyl sites for hydroxylation is 2. The number of carbonyl (C=O) groups is 2. The van der Waals surface area contributed by atoms with Crippen LogP contribution in [0.1, 0.15) is 30.4 Å². The fraction of sp³-hybridized carbons (Fsp3) is 0.318. The van der Waals surface area contributed by atoms with E-state index in [-0.39, 0.29) is 24.3 Å². The number of aliphatic imine (C=N–C) groups is 1. The molecule has 4 rings (SSSR count). The minimum Gasteiger partial charge on any atom is -0.326 e. The number of nitrogens with zero attached hydrogens (tertiary/aromatic N) is 2. The van der Waals surface area contributed by atoms with E-state index in [1.165, 1.54) is 17.3 Å². The predicted octanol–water partition coefficient (Wildman–Crippen LogP) is 4.43. The molecule has 5 nitrogen and oxygen atoms in total. The van der Waals surface area contributed by atoms with Crippen molar-refractivity contribution >= 4 is 40.1 Å². The van der Waals surface area contributed by atoms with E-state index in [0.717, 1.165) is 29.8 Å². The largest absolute Gasteiger partial charge is 0.326 e. The zero-order valence-electron chi connectivity index (χ0n) is 16.0. The summed E-state index contributed by atoms with van der Waals surface area (Å²) < 4.78 is 0. The molecule has 0 radical (unpaired) electrons. The standard InChI is InChI=1S/C22H23N3O2S/c1-14-3-7-16(8-4-14)23-20(26)13-19-21(27)25(18-11-12-18)22(28-19)24-17-9-5-15(2)6-10-17/h3-10,18-19H,11-13H2,1-2H3,(H,23,26)/t19-/m0/s1. The molecule has 1 atom stereocenters. The van der Waals surface area contributed by atoms with Gasteiger partial charge in [0, 0.05) is 18.2 Å². The number of thioether (sulfide) groups is 1. The first-order chi connectivity index (χ1) is 13.5. The van der Waals surface area contributed by atoms with Crippen molar-refractivity contribution in [3.8, 4) is 0 Å². The fourth-order valence-electron chi connectivity index (χ4n) is 3.11. The molecule has 2 aromatic carbocycles. The van der Waals surface area contributed by atoms with E-state index in [1.807, 2.05) is 62.4 Å². The van der Waals surface area contributed by atoms with Crippen LogP contribution >= 0.6 is 11.8 Å². The smallest absolute Gasteiger partial charge is 0.242 e. The summed E-state index contributed by atoms with van der Waals surface area (Å²) in [6.45, 7) is 4.03. The second-order valence-electron chi connectivity index (χ2n) is 7.39.